The van der Waals surface area contributed by atoms with E-state index in [1.807, 2.05) is 18.2 Å². The van der Waals surface area contributed by atoms with Gasteiger partial charge in [0.25, 0.3) is 0 Å². The molecule has 0 fully saturated rings. The standard InChI is InChI=1S/C23H24N2O6S/c1-29-21-14-13-17(15-22(21)30-2)25(32(3,27)28)16-23(26)24-19-11-7-8-12-20(19)31-18-9-5-4-6-10-18/h4-15H,16H2,1-3H3,(H,24,26). The first-order valence-corrected chi connectivity index (χ1v) is 11.5. The van der Waals surface area contributed by atoms with Gasteiger partial charge in [0.2, 0.25) is 15.9 Å². The highest BCUT2D eigenvalue weighted by molar-refractivity contribution is 7.92. The number of sulfonamides is 1. The maximum Gasteiger partial charge on any atom is 0.245 e. The van der Waals surface area contributed by atoms with Crippen LogP contribution in [-0.2, 0) is 14.8 Å². The molecule has 0 spiro atoms. The average molecular weight is 457 g/mol. The monoisotopic (exact) mass is 456 g/mol. The lowest BCUT2D eigenvalue weighted by Gasteiger charge is -2.23. The number of nitrogens with one attached hydrogen (secondary N) is 1. The van der Waals surface area contributed by atoms with Crippen LogP contribution in [0.15, 0.2) is 72.8 Å². The Morgan fingerprint density at radius 3 is 2.19 bits per heavy atom. The number of para-hydroxylation sites is 3. The van der Waals surface area contributed by atoms with E-state index in [4.69, 9.17) is 14.2 Å². The van der Waals surface area contributed by atoms with Crippen LogP contribution in [0.4, 0.5) is 11.4 Å². The summed E-state index contributed by atoms with van der Waals surface area (Å²) in [5.74, 6) is 1.30. The fraction of sp³-hybridized carbons (Fsp3) is 0.174. The Bertz CT molecular complexity index is 1180. The molecule has 0 saturated heterocycles. The van der Waals surface area contributed by atoms with E-state index >= 15 is 0 Å². The zero-order chi connectivity index (χ0) is 23.1. The molecule has 0 bridgehead atoms. The minimum absolute atomic E-state index is 0.272. The van der Waals surface area contributed by atoms with Crippen molar-refractivity contribution < 1.29 is 27.4 Å². The summed E-state index contributed by atoms with van der Waals surface area (Å²) in [5.41, 5.74) is 0.691. The second-order valence-electron chi connectivity index (χ2n) is 6.77. The van der Waals surface area contributed by atoms with Gasteiger partial charge in [0.05, 0.1) is 31.9 Å². The van der Waals surface area contributed by atoms with Crippen molar-refractivity contribution >= 4 is 27.3 Å². The molecule has 0 aliphatic rings. The zero-order valence-corrected chi connectivity index (χ0v) is 18.8. The summed E-state index contributed by atoms with van der Waals surface area (Å²) in [6.07, 6.45) is 1.03. The number of hydrogen-bond acceptors (Lipinski definition) is 6. The van der Waals surface area contributed by atoms with E-state index in [-0.39, 0.29) is 5.69 Å². The molecule has 0 radical (unpaired) electrons. The normalized spacial score (nSPS) is 10.8. The highest BCUT2D eigenvalue weighted by Crippen LogP contribution is 2.33. The van der Waals surface area contributed by atoms with Gasteiger partial charge in [-0.1, -0.05) is 30.3 Å². The smallest absolute Gasteiger partial charge is 0.245 e. The van der Waals surface area contributed by atoms with Crippen LogP contribution >= 0.6 is 0 Å². The number of methoxy groups -OCH3 is 2. The van der Waals surface area contributed by atoms with Crippen molar-refractivity contribution in [1.82, 2.24) is 0 Å². The van der Waals surface area contributed by atoms with Crippen LogP contribution in [0, 0.1) is 0 Å². The third-order valence-corrected chi connectivity index (χ3v) is 5.62. The van der Waals surface area contributed by atoms with E-state index in [1.54, 1.807) is 48.5 Å². The van der Waals surface area contributed by atoms with E-state index in [0.717, 1.165) is 10.6 Å². The molecule has 8 nitrogen and oxygen atoms in total. The highest BCUT2D eigenvalue weighted by Gasteiger charge is 2.23. The first kappa shape index (κ1) is 23.0. The van der Waals surface area contributed by atoms with E-state index in [9.17, 15) is 13.2 Å². The van der Waals surface area contributed by atoms with Crippen molar-refractivity contribution in [3.63, 3.8) is 0 Å². The Balaban J connectivity index is 1.82. The van der Waals surface area contributed by atoms with E-state index in [0.29, 0.717) is 28.7 Å². The van der Waals surface area contributed by atoms with Crippen molar-refractivity contribution in [2.24, 2.45) is 0 Å². The van der Waals surface area contributed by atoms with Gasteiger partial charge in [-0.2, -0.15) is 0 Å². The Labute approximate surface area is 187 Å². The number of anilines is 2. The molecular weight excluding hydrogens is 432 g/mol. The first-order chi connectivity index (χ1) is 15.3. The Morgan fingerprint density at radius 2 is 1.53 bits per heavy atom. The summed E-state index contributed by atoms with van der Waals surface area (Å²) in [6.45, 7) is -0.437. The van der Waals surface area contributed by atoms with E-state index in [2.05, 4.69) is 5.32 Å². The third kappa shape index (κ3) is 5.70. The maximum absolute atomic E-state index is 12.8. The van der Waals surface area contributed by atoms with Gasteiger partial charge in [-0.3, -0.25) is 9.10 Å². The fourth-order valence-electron chi connectivity index (χ4n) is 2.97. The predicted molar refractivity (Wildman–Crippen MR) is 123 cm³/mol. The zero-order valence-electron chi connectivity index (χ0n) is 17.9. The molecule has 0 aliphatic heterocycles. The molecule has 0 aliphatic carbocycles. The first-order valence-electron chi connectivity index (χ1n) is 9.63. The lowest BCUT2D eigenvalue weighted by molar-refractivity contribution is -0.114. The minimum atomic E-state index is -3.76. The summed E-state index contributed by atoms with van der Waals surface area (Å²) in [6, 6.07) is 20.7. The van der Waals surface area contributed by atoms with Crippen molar-refractivity contribution in [1.29, 1.82) is 0 Å². The number of carbonyl (C=O) groups excluding carboxylic acids is 1. The van der Waals surface area contributed by atoms with Gasteiger partial charge in [0, 0.05) is 6.07 Å². The van der Waals surface area contributed by atoms with Crippen LogP contribution < -0.4 is 23.8 Å². The molecule has 3 aromatic carbocycles. The summed E-state index contributed by atoms with van der Waals surface area (Å²) < 4.78 is 42.1. The van der Waals surface area contributed by atoms with Gasteiger partial charge >= 0.3 is 0 Å². The van der Waals surface area contributed by atoms with Crippen molar-refractivity contribution in [2.75, 3.05) is 36.6 Å². The van der Waals surface area contributed by atoms with E-state index < -0.39 is 22.5 Å². The molecule has 0 atom stereocenters. The predicted octanol–water partition coefficient (Wildman–Crippen LogP) is 3.90. The van der Waals surface area contributed by atoms with Crippen LogP contribution in [0.2, 0.25) is 0 Å². The minimum Gasteiger partial charge on any atom is -0.493 e. The largest absolute Gasteiger partial charge is 0.493 e. The molecule has 0 aromatic heterocycles. The SMILES string of the molecule is COc1ccc(N(CC(=O)Nc2ccccc2Oc2ccccc2)S(C)(=O)=O)cc1OC. The second kappa shape index (κ2) is 10.1. The number of nitrogens with zero attached hydrogens (tertiary/aromatic N) is 1. The molecule has 9 heteroatoms. The van der Waals surface area contributed by atoms with Crippen LogP contribution in [0.5, 0.6) is 23.0 Å². The molecule has 0 saturated carbocycles. The lowest BCUT2D eigenvalue weighted by Crippen LogP contribution is -2.37. The van der Waals surface area contributed by atoms with Crippen LogP contribution in [0.3, 0.4) is 0 Å². The average Bonchev–Trinajstić information content (AvgIpc) is 2.78. The quantitative estimate of drug-likeness (QED) is 0.525. The summed E-state index contributed by atoms with van der Waals surface area (Å²) in [5, 5.41) is 2.73. The van der Waals surface area contributed by atoms with Crippen LogP contribution in [0.1, 0.15) is 0 Å². The van der Waals surface area contributed by atoms with Crippen LogP contribution in [-0.4, -0.2) is 41.3 Å². The van der Waals surface area contributed by atoms with Gasteiger partial charge in [0.15, 0.2) is 17.2 Å². The number of amides is 1. The molecule has 168 valence electrons. The molecule has 0 unspecified atom stereocenters. The van der Waals surface area contributed by atoms with Crippen molar-refractivity contribution in [3.8, 4) is 23.0 Å². The number of rotatable bonds is 9. The molecule has 0 heterocycles. The van der Waals surface area contributed by atoms with Gasteiger partial charge < -0.3 is 19.5 Å². The Morgan fingerprint density at radius 1 is 0.875 bits per heavy atom. The van der Waals surface area contributed by atoms with Gasteiger partial charge in [-0.05, 0) is 36.4 Å². The van der Waals surface area contributed by atoms with Crippen molar-refractivity contribution in [2.45, 2.75) is 0 Å². The number of hydrogen-bond donors (Lipinski definition) is 1. The van der Waals surface area contributed by atoms with Gasteiger partial charge in [0.1, 0.15) is 12.3 Å². The number of carbonyl (C=O) groups is 1. The summed E-state index contributed by atoms with van der Waals surface area (Å²) >= 11 is 0. The fourth-order valence-corrected chi connectivity index (χ4v) is 3.82. The van der Waals surface area contributed by atoms with E-state index in [1.165, 1.54) is 20.3 Å². The van der Waals surface area contributed by atoms with Gasteiger partial charge in [-0.15, -0.1) is 0 Å². The number of ether oxygens (including phenoxy) is 3. The van der Waals surface area contributed by atoms with Gasteiger partial charge in [-0.25, -0.2) is 8.42 Å². The molecule has 1 N–H and O–H groups in total. The highest BCUT2D eigenvalue weighted by atomic mass is 32.2. The molecule has 1 amide bonds. The van der Waals surface area contributed by atoms with Crippen LogP contribution in [0.25, 0.3) is 0 Å². The number of benzene rings is 3. The lowest BCUT2D eigenvalue weighted by atomic mass is 10.2. The summed E-state index contributed by atoms with van der Waals surface area (Å²) in [7, 11) is -0.836. The molecular formula is C23H24N2O6S. The maximum atomic E-state index is 12.8. The third-order valence-electron chi connectivity index (χ3n) is 4.47. The molecule has 3 aromatic rings. The second-order valence-corrected chi connectivity index (χ2v) is 8.68. The Kier molecular flexibility index (Phi) is 7.21. The van der Waals surface area contributed by atoms with Crippen molar-refractivity contribution in [3.05, 3.63) is 72.8 Å². The molecule has 32 heavy (non-hydrogen) atoms. The topological polar surface area (TPSA) is 94.2 Å². The molecule has 3 rings (SSSR count). The summed E-state index contributed by atoms with van der Waals surface area (Å²) in [4.78, 5) is 12.8. The Hall–Kier alpha value is -3.72.